The molecule has 2 rings (SSSR count). The minimum atomic E-state index is -0.620. The Balaban J connectivity index is 2.79. The van der Waals surface area contributed by atoms with Crippen LogP contribution in [0.25, 0.3) is 10.9 Å². The van der Waals surface area contributed by atoms with Gasteiger partial charge < -0.3 is 9.62 Å². The minimum absolute atomic E-state index is 0.0441. The van der Waals surface area contributed by atoms with Crippen LogP contribution in [0.1, 0.15) is 11.1 Å². The van der Waals surface area contributed by atoms with Crippen LogP contribution in [-0.4, -0.2) is 50.3 Å². The predicted molar refractivity (Wildman–Crippen MR) is 110 cm³/mol. The summed E-state index contributed by atoms with van der Waals surface area (Å²) in [6.45, 7) is 0.0441. The van der Waals surface area contributed by atoms with E-state index >= 15 is 0 Å². The molecule has 0 aliphatic carbocycles. The van der Waals surface area contributed by atoms with Gasteiger partial charge in [0.1, 0.15) is 0 Å². The normalized spacial score (nSPS) is 12.3. The summed E-state index contributed by atoms with van der Waals surface area (Å²) >= 11 is 12.9. The molecule has 0 saturated carbocycles. The molecule has 2 nitrogen and oxygen atoms in total. The highest BCUT2D eigenvalue weighted by atomic mass is 35.5. The molecule has 0 heterocycles. The molecule has 0 aliphatic rings. The minimum Gasteiger partial charge on any atom is -0.330 e. The van der Waals surface area contributed by atoms with Crippen LogP contribution in [0.15, 0.2) is 60.7 Å². The second kappa shape index (κ2) is 8.77. The van der Waals surface area contributed by atoms with Crippen molar-refractivity contribution in [3.8, 4) is 0 Å². The fraction of sp³-hybridized carbons (Fsp3) is 0.222. The van der Waals surface area contributed by atoms with E-state index in [4.69, 9.17) is 22.9 Å². The van der Waals surface area contributed by atoms with Crippen LogP contribution in [0.2, 0.25) is 0 Å². The average Bonchev–Trinajstić information content (AvgIpc) is 2.55. The van der Waals surface area contributed by atoms with Gasteiger partial charge in [-0.1, -0.05) is 60.7 Å². The van der Waals surface area contributed by atoms with Gasteiger partial charge >= 0.3 is 12.5 Å². The Morgan fingerprint density at radius 1 is 0.667 bits per heavy atom. The van der Waals surface area contributed by atoms with Gasteiger partial charge in [0, 0.05) is 0 Å². The van der Waals surface area contributed by atoms with Gasteiger partial charge in [-0.25, -0.2) is 0 Å². The van der Waals surface area contributed by atoms with Crippen molar-refractivity contribution in [2.45, 2.75) is 0 Å². The zero-order valence-electron chi connectivity index (χ0n) is 14.6. The van der Waals surface area contributed by atoms with Crippen LogP contribution in [0.5, 0.6) is 0 Å². The number of benzene rings is 2. The molecule has 2 aromatic rings. The highest BCUT2D eigenvalue weighted by Gasteiger charge is 2.32. The first-order valence-electron chi connectivity index (χ1n) is 7.89. The Bertz CT molecular complexity index is 666. The van der Waals surface area contributed by atoms with Crippen molar-refractivity contribution in [2.75, 3.05) is 28.2 Å². The topological polar surface area (TPSA) is 6.48 Å². The fourth-order valence-electron chi connectivity index (χ4n) is 3.06. The molecule has 0 N–H and O–H groups in total. The van der Waals surface area contributed by atoms with E-state index in [0.717, 1.165) is 22.1 Å². The van der Waals surface area contributed by atoms with Crippen LogP contribution in [-0.2, 0) is 0 Å². The molecule has 0 saturated heterocycles. The second-order valence-corrected chi connectivity index (χ2v) is 7.26. The molecule has 2 aromatic carbocycles. The zero-order valence-corrected chi connectivity index (χ0v) is 16.1. The standard InChI is InChI=1S/C18H22B2Cl2N2/c1-23(2)20(24(3)4)18(16-13-9-6-10-14-16)17(19(21)22)15-11-7-5-8-12-15/h5-14H,1-4H3/b18-17-. The Kier molecular flexibility index (Phi) is 7.00. The van der Waals surface area contributed by atoms with Crippen molar-refractivity contribution in [3.63, 3.8) is 0 Å². The summed E-state index contributed by atoms with van der Waals surface area (Å²) in [5.74, 6) is 0. The smallest absolute Gasteiger partial charge is 0.330 e. The van der Waals surface area contributed by atoms with Gasteiger partial charge in [0.05, 0.1) is 0 Å². The lowest BCUT2D eigenvalue weighted by molar-refractivity contribution is 0.532. The summed E-state index contributed by atoms with van der Waals surface area (Å²) in [5.41, 5.74) is 3.60. The van der Waals surface area contributed by atoms with Gasteiger partial charge in [0.25, 0.3) is 0 Å². The van der Waals surface area contributed by atoms with E-state index in [1.54, 1.807) is 0 Å². The number of hydrogen-bond acceptors (Lipinski definition) is 2. The SMILES string of the molecule is CN(C)B(/C(=C(\B(Cl)Cl)c1ccccc1)c1ccccc1)N(C)C. The second-order valence-electron chi connectivity index (χ2n) is 6.16. The van der Waals surface area contributed by atoms with E-state index in [1.807, 2.05) is 36.4 Å². The van der Waals surface area contributed by atoms with Crippen LogP contribution >= 0.6 is 22.9 Å². The third kappa shape index (κ3) is 4.46. The van der Waals surface area contributed by atoms with E-state index < -0.39 is 5.54 Å². The van der Waals surface area contributed by atoms with E-state index in [1.165, 1.54) is 0 Å². The molecule has 0 unspecified atom stereocenters. The summed E-state index contributed by atoms with van der Waals surface area (Å²) < 4.78 is 0. The summed E-state index contributed by atoms with van der Waals surface area (Å²) in [7, 11) is 8.25. The Labute approximate surface area is 156 Å². The maximum atomic E-state index is 6.45. The molecule has 0 fully saturated rings. The number of hydrogen-bond donors (Lipinski definition) is 0. The first-order valence-corrected chi connectivity index (χ1v) is 8.76. The third-order valence-corrected chi connectivity index (χ3v) is 4.35. The molecule has 0 aliphatic heterocycles. The Morgan fingerprint density at radius 2 is 1.04 bits per heavy atom. The molecule has 124 valence electrons. The average molecular weight is 359 g/mol. The molecule has 0 amide bonds. The van der Waals surface area contributed by atoms with Gasteiger partial charge in [-0.3, -0.25) is 0 Å². The van der Waals surface area contributed by atoms with Gasteiger partial charge in [0.2, 0.25) is 0 Å². The van der Waals surface area contributed by atoms with Crippen molar-refractivity contribution in [1.29, 1.82) is 0 Å². The molecular formula is C18H22B2Cl2N2. The van der Waals surface area contributed by atoms with Gasteiger partial charge in [0.15, 0.2) is 0 Å². The van der Waals surface area contributed by atoms with Crippen molar-refractivity contribution in [3.05, 3.63) is 71.8 Å². The fourth-order valence-corrected chi connectivity index (χ4v) is 3.54. The van der Waals surface area contributed by atoms with E-state index in [-0.39, 0.29) is 6.98 Å². The molecule has 24 heavy (non-hydrogen) atoms. The maximum absolute atomic E-state index is 6.45. The van der Waals surface area contributed by atoms with Gasteiger partial charge in [-0.15, -0.1) is 0 Å². The van der Waals surface area contributed by atoms with E-state index in [9.17, 15) is 0 Å². The third-order valence-electron chi connectivity index (χ3n) is 3.91. The largest absolute Gasteiger partial charge is 0.383 e. The lowest BCUT2D eigenvalue weighted by atomic mass is 9.56. The monoisotopic (exact) mass is 358 g/mol. The number of nitrogens with zero attached hydrogens (tertiary/aromatic N) is 2. The van der Waals surface area contributed by atoms with Gasteiger partial charge in [-0.2, -0.15) is 22.9 Å². The highest BCUT2D eigenvalue weighted by Crippen LogP contribution is 2.34. The predicted octanol–water partition coefficient (Wildman–Crippen LogP) is 4.25. The quantitative estimate of drug-likeness (QED) is 0.562. The van der Waals surface area contributed by atoms with Crippen molar-refractivity contribution >= 4 is 46.4 Å². The summed E-state index contributed by atoms with van der Waals surface area (Å²) in [6.07, 6.45) is 0. The molecule has 0 radical (unpaired) electrons. The Hall–Kier alpha value is -1.19. The molecule has 0 aromatic heterocycles. The zero-order chi connectivity index (χ0) is 17.7. The first kappa shape index (κ1) is 19.1. The summed E-state index contributed by atoms with van der Waals surface area (Å²) in [4.78, 5) is 4.34. The lowest BCUT2D eigenvalue weighted by Gasteiger charge is -2.31. The van der Waals surface area contributed by atoms with E-state index in [2.05, 4.69) is 62.1 Å². The van der Waals surface area contributed by atoms with Crippen LogP contribution in [0, 0.1) is 0 Å². The molecule has 0 bridgehead atoms. The van der Waals surface area contributed by atoms with E-state index in [0.29, 0.717) is 0 Å². The van der Waals surface area contributed by atoms with Gasteiger partial charge in [-0.05, 0) is 50.3 Å². The molecule has 0 atom stereocenters. The van der Waals surface area contributed by atoms with Crippen LogP contribution < -0.4 is 0 Å². The number of halogens is 2. The number of rotatable bonds is 6. The summed E-state index contributed by atoms with van der Waals surface area (Å²) in [5, 5.41) is 0. The molecule has 6 heteroatoms. The summed E-state index contributed by atoms with van der Waals surface area (Å²) in [6, 6.07) is 20.4. The van der Waals surface area contributed by atoms with Crippen LogP contribution in [0.3, 0.4) is 0 Å². The highest BCUT2D eigenvalue weighted by molar-refractivity contribution is 7.42. The maximum Gasteiger partial charge on any atom is 0.383 e. The Morgan fingerprint density at radius 3 is 1.38 bits per heavy atom. The van der Waals surface area contributed by atoms with Crippen molar-refractivity contribution in [1.82, 2.24) is 9.62 Å². The lowest BCUT2D eigenvalue weighted by Crippen LogP contribution is -2.47. The first-order chi connectivity index (χ1) is 11.4. The molecular weight excluding hydrogens is 337 g/mol. The van der Waals surface area contributed by atoms with Crippen molar-refractivity contribution in [2.24, 2.45) is 0 Å². The van der Waals surface area contributed by atoms with Crippen LogP contribution in [0.4, 0.5) is 0 Å². The molecule has 0 spiro atoms. The van der Waals surface area contributed by atoms with Crippen molar-refractivity contribution < 1.29 is 0 Å².